The minimum absolute atomic E-state index is 0.0160. The monoisotopic (exact) mass is 465 g/mol. The van der Waals surface area contributed by atoms with Crippen molar-refractivity contribution in [2.24, 2.45) is 12.5 Å². The lowest BCUT2D eigenvalue weighted by Gasteiger charge is -2.18. The summed E-state index contributed by atoms with van der Waals surface area (Å²) < 4.78 is 40.6. The summed E-state index contributed by atoms with van der Waals surface area (Å²) in [5.41, 5.74) is 5.07. The van der Waals surface area contributed by atoms with E-state index in [9.17, 15) is 0 Å². The van der Waals surface area contributed by atoms with E-state index in [-0.39, 0.29) is 5.56 Å². The van der Waals surface area contributed by atoms with Gasteiger partial charge in [0, 0.05) is 25.1 Å². The van der Waals surface area contributed by atoms with Crippen LogP contribution in [0.15, 0.2) is 71.3 Å². The topological polar surface area (TPSA) is 21.4 Å². The van der Waals surface area contributed by atoms with Crippen molar-refractivity contribution < 1.29 is 16.1 Å². The van der Waals surface area contributed by atoms with Crippen LogP contribution < -0.4 is 4.57 Å². The summed E-state index contributed by atoms with van der Waals surface area (Å²) in [5.74, 6) is -0.588. The average molecular weight is 466 g/mol. The van der Waals surface area contributed by atoms with Gasteiger partial charge in [-0.1, -0.05) is 69.3 Å². The molecule has 2 heterocycles. The Labute approximate surface area is 208 Å². The van der Waals surface area contributed by atoms with Gasteiger partial charge in [-0.2, -0.15) is 4.57 Å². The quantitative estimate of drug-likeness (QED) is 0.194. The first kappa shape index (κ1) is 20.4. The zero-order chi connectivity index (χ0) is 26.7. The number of aryl methyl sites for hydroxylation is 2. The Morgan fingerprint density at radius 3 is 2.49 bits per heavy atom. The lowest BCUT2D eigenvalue weighted by molar-refractivity contribution is -0.662. The van der Waals surface area contributed by atoms with E-state index in [0.717, 1.165) is 33.0 Å². The summed E-state index contributed by atoms with van der Waals surface area (Å²) in [4.78, 5) is 3.75. The molecule has 0 radical (unpaired) electrons. The van der Waals surface area contributed by atoms with Gasteiger partial charge in [0.05, 0.1) is 12.1 Å². The maximum absolute atomic E-state index is 15.1. The molecule has 0 saturated heterocycles. The van der Waals surface area contributed by atoms with Gasteiger partial charge in [0.25, 0.3) is 0 Å². The molecule has 0 aliphatic carbocycles. The molecule has 0 saturated carbocycles. The fourth-order valence-electron chi connectivity index (χ4n) is 4.60. The summed E-state index contributed by atoms with van der Waals surface area (Å²) >= 11 is 0. The van der Waals surface area contributed by atoms with Crippen LogP contribution in [-0.2, 0) is 13.4 Å². The van der Waals surface area contributed by atoms with Crippen LogP contribution in [0.3, 0.4) is 0 Å². The first-order valence-corrected chi connectivity index (χ1v) is 11.6. The van der Waals surface area contributed by atoms with Gasteiger partial charge in [-0.05, 0) is 41.5 Å². The number of pyridine rings is 1. The number of rotatable bonds is 3. The molecule has 3 nitrogen and oxygen atoms in total. The molecule has 174 valence electrons. The van der Waals surface area contributed by atoms with Crippen molar-refractivity contribution in [3.05, 3.63) is 95.2 Å². The molecule has 3 aromatic carbocycles. The standard InChI is InChI=1S/C31H28FN2O/c1-19-12-13-22-24-15-23(20-10-8-7-9-11-20)26(33-5)16-28(24)35-30(22)29(19)27-14-21(17-31(2,3)4)25(32)18-34(27)6/h7-16,18H,17H2,1-4,6H3/q+1/i17D2. The Morgan fingerprint density at radius 2 is 1.80 bits per heavy atom. The molecule has 0 N–H and O–H groups in total. The van der Waals surface area contributed by atoms with Gasteiger partial charge in [0.15, 0.2) is 11.5 Å². The summed E-state index contributed by atoms with van der Waals surface area (Å²) in [6, 6.07) is 19.2. The van der Waals surface area contributed by atoms with Crippen LogP contribution in [0.1, 0.15) is 34.6 Å². The first-order valence-electron chi connectivity index (χ1n) is 12.6. The largest absolute Gasteiger partial charge is 0.456 e. The number of halogens is 1. The molecule has 0 spiro atoms. The van der Waals surface area contributed by atoms with E-state index in [4.69, 9.17) is 13.7 Å². The summed E-state index contributed by atoms with van der Waals surface area (Å²) in [5, 5.41) is 1.77. The van der Waals surface area contributed by atoms with E-state index in [1.54, 1.807) is 44.5 Å². The van der Waals surface area contributed by atoms with Crippen molar-refractivity contribution in [1.29, 1.82) is 0 Å². The van der Waals surface area contributed by atoms with E-state index >= 15 is 4.39 Å². The predicted molar refractivity (Wildman–Crippen MR) is 140 cm³/mol. The fraction of sp³-hybridized carbons (Fsp3) is 0.226. The van der Waals surface area contributed by atoms with Crippen molar-refractivity contribution in [1.82, 2.24) is 0 Å². The summed E-state index contributed by atoms with van der Waals surface area (Å²) in [7, 11) is 1.75. The first-order chi connectivity index (χ1) is 17.4. The Bertz CT molecular complexity index is 1720. The van der Waals surface area contributed by atoms with Crippen molar-refractivity contribution >= 4 is 27.6 Å². The Morgan fingerprint density at radius 1 is 1.06 bits per heavy atom. The SMILES string of the molecule is [2H]C([2H])(c1cc(-c2c(C)ccc3c2oc2cc([N+]#[C-])c(-c4ccccc4)cc23)[n+](C)cc1F)C(C)(C)C. The average Bonchev–Trinajstić information content (AvgIpc) is 3.21. The van der Waals surface area contributed by atoms with Crippen LogP contribution in [0.5, 0.6) is 0 Å². The minimum Gasteiger partial charge on any atom is -0.456 e. The van der Waals surface area contributed by atoms with Gasteiger partial charge in [-0.15, -0.1) is 0 Å². The van der Waals surface area contributed by atoms with Gasteiger partial charge >= 0.3 is 0 Å². The number of hydrogen-bond donors (Lipinski definition) is 0. The number of hydrogen-bond acceptors (Lipinski definition) is 1. The van der Waals surface area contributed by atoms with Gasteiger partial charge in [-0.25, -0.2) is 9.24 Å². The highest BCUT2D eigenvalue weighted by molar-refractivity contribution is 6.12. The zero-order valence-corrected chi connectivity index (χ0v) is 20.5. The number of furan rings is 1. The zero-order valence-electron chi connectivity index (χ0n) is 22.5. The van der Waals surface area contributed by atoms with Crippen LogP contribution in [0, 0.1) is 24.7 Å². The molecule has 0 aliphatic heterocycles. The molecule has 0 atom stereocenters. The van der Waals surface area contributed by atoms with E-state index in [0.29, 0.717) is 22.5 Å². The minimum atomic E-state index is -1.90. The molecular formula is C31H28FN2O+. The second-order valence-electron chi connectivity index (χ2n) is 9.99. The molecule has 2 aromatic heterocycles. The Balaban J connectivity index is 1.82. The molecular weight excluding hydrogens is 435 g/mol. The third kappa shape index (κ3) is 4.08. The lowest BCUT2D eigenvalue weighted by atomic mass is 9.87. The number of nitrogens with zero attached hydrogens (tertiary/aromatic N) is 2. The second kappa shape index (κ2) is 8.36. The number of fused-ring (bicyclic) bond motifs is 3. The highest BCUT2D eigenvalue weighted by Gasteiger charge is 2.25. The van der Waals surface area contributed by atoms with Crippen LogP contribution in [-0.4, -0.2) is 0 Å². The van der Waals surface area contributed by atoms with Crippen LogP contribution in [0.2, 0.25) is 0 Å². The smallest absolute Gasteiger partial charge is 0.216 e. The van der Waals surface area contributed by atoms with Crippen LogP contribution in [0.25, 0.3) is 49.2 Å². The summed E-state index contributed by atoms with van der Waals surface area (Å²) in [6.45, 7) is 15.0. The Hall–Kier alpha value is -3.97. The van der Waals surface area contributed by atoms with E-state index in [1.165, 1.54) is 6.20 Å². The normalized spacial score (nSPS) is 13.1. The highest BCUT2D eigenvalue weighted by atomic mass is 19.1. The fourth-order valence-corrected chi connectivity index (χ4v) is 4.60. The maximum atomic E-state index is 15.1. The van der Waals surface area contributed by atoms with E-state index < -0.39 is 17.6 Å². The van der Waals surface area contributed by atoms with Gasteiger partial charge in [0.1, 0.15) is 18.2 Å². The molecule has 5 rings (SSSR count). The van der Waals surface area contributed by atoms with Crippen LogP contribution in [0.4, 0.5) is 10.1 Å². The number of aromatic nitrogens is 1. The predicted octanol–water partition coefficient (Wildman–Crippen LogP) is 8.33. The third-order valence-electron chi connectivity index (χ3n) is 6.16. The molecule has 5 aromatic rings. The van der Waals surface area contributed by atoms with E-state index in [1.807, 2.05) is 55.5 Å². The maximum Gasteiger partial charge on any atom is 0.216 e. The van der Waals surface area contributed by atoms with Gasteiger partial charge in [-0.3, -0.25) is 0 Å². The van der Waals surface area contributed by atoms with Crippen molar-refractivity contribution in [3.63, 3.8) is 0 Å². The summed E-state index contributed by atoms with van der Waals surface area (Å²) in [6.07, 6.45) is -0.565. The molecule has 0 bridgehead atoms. The third-order valence-corrected chi connectivity index (χ3v) is 6.16. The molecule has 0 aliphatic rings. The van der Waals surface area contributed by atoms with E-state index in [2.05, 4.69) is 4.85 Å². The van der Waals surface area contributed by atoms with Crippen molar-refractivity contribution in [2.45, 2.75) is 34.1 Å². The lowest BCUT2D eigenvalue weighted by Crippen LogP contribution is -2.32. The van der Waals surface area contributed by atoms with Crippen molar-refractivity contribution in [2.75, 3.05) is 0 Å². The van der Waals surface area contributed by atoms with Gasteiger partial charge in [0.2, 0.25) is 11.9 Å². The molecule has 0 fully saturated rings. The molecule has 35 heavy (non-hydrogen) atoms. The molecule has 0 amide bonds. The van der Waals surface area contributed by atoms with Gasteiger partial charge < -0.3 is 4.42 Å². The Kier molecular flexibility index (Phi) is 4.87. The van der Waals surface area contributed by atoms with Crippen LogP contribution >= 0.6 is 0 Å². The molecule has 4 heteroatoms. The molecule has 0 unspecified atom stereocenters. The number of benzene rings is 3. The van der Waals surface area contributed by atoms with Crippen molar-refractivity contribution in [3.8, 4) is 22.4 Å². The second-order valence-corrected chi connectivity index (χ2v) is 9.99. The highest BCUT2D eigenvalue weighted by Crippen LogP contribution is 2.42.